The Labute approximate surface area is 195 Å². The Hall–Kier alpha value is -4.23. The van der Waals surface area contributed by atoms with Crippen molar-refractivity contribution < 1.29 is 9.59 Å². The normalized spacial score (nSPS) is 10.2. The number of aromatic nitrogens is 3. The van der Waals surface area contributed by atoms with Crippen LogP contribution in [0.25, 0.3) is 11.3 Å². The summed E-state index contributed by atoms with van der Waals surface area (Å²) in [4.78, 5) is 35.9. The predicted octanol–water partition coefficient (Wildman–Crippen LogP) is 3.05. The molecule has 4 N–H and O–H groups in total. The van der Waals surface area contributed by atoms with Crippen molar-refractivity contribution in [2.45, 2.75) is 24.4 Å². The van der Waals surface area contributed by atoms with Crippen LogP contribution in [0.2, 0.25) is 0 Å². The zero-order valence-corrected chi connectivity index (χ0v) is 18.6. The number of hydrogen-bond acceptors (Lipinski definition) is 8. The molecule has 0 fully saturated rings. The highest BCUT2D eigenvalue weighted by molar-refractivity contribution is 7.98. The molecule has 2 amide bonds. The average Bonchev–Trinajstić information content (AvgIpc) is 2.81. The Balaban J connectivity index is 1.79. The van der Waals surface area contributed by atoms with Gasteiger partial charge < -0.3 is 16.4 Å². The molecule has 1 aromatic carbocycles. The molecule has 0 aliphatic rings. The third kappa shape index (κ3) is 6.38. The van der Waals surface area contributed by atoms with Gasteiger partial charge in [0.05, 0.1) is 23.6 Å². The first kappa shape index (κ1) is 23.4. The predicted molar refractivity (Wildman–Crippen MR) is 127 cm³/mol. The molecule has 0 radical (unpaired) electrons. The lowest BCUT2D eigenvalue weighted by Crippen LogP contribution is -2.20. The van der Waals surface area contributed by atoms with Crippen LogP contribution in [-0.4, -0.2) is 26.8 Å². The smallest absolute Gasteiger partial charge is 0.243 e. The molecule has 0 aliphatic heterocycles. The van der Waals surface area contributed by atoms with E-state index in [0.29, 0.717) is 40.1 Å². The number of anilines is 2. The number of hydrogen-bond donors (Lipinski definition) is 3. The second-order valence-electron chi connectivity index (χ2n) is 6.82. The Morgan fingerprint density at radius 2 is 1.88 bits per heavy atom. The van der Waals surface area contributed by atoms with Crippen molar-refractivity contribution in [3.63, 3.8) is 0 Å². The van der Waals surface area contributed by atoms with E-state index in [9.17, 15) is 14.9 Å². The monoisotopic (exact) mass is 459 g/mol. The molecule has 2 heterocycles. The van der Waals surface area contributed by atoms with Crippen molar-refractivity contribution in [3.8, 4) is 17.3 Å². The Kier molecular flexibility index (Phi) is 7.73. The minimum atomic E-state index is -0.268. The maximum absolute atomic E-state index is 11.3. The Morgan fingerprint density at radius 1 is 1.15 bits per heavy atom. The fraction of sp³-hybridized carbons (Fsp3) is 0.130. The van der Waals surface area contributed by atoms with E-state index in [2.05, 4.69) is 38.2 Å². The summed E-state index contributed by atoms with van der Waals surface area (Å²) in [5, 5.41) is 15.3. The number of carbonyl (C=O) groups is 2. The molecule has 0 aliphatic carbocycles. The van der Waals surface area contributed by atoms with E-state index in [1.807, 2.05) is 18.2 Å². The number of nitrogens with zero attached hydrogens (tertiary/aromatic N) is 4. The van der Waals surface area contributed by atoms with Gasteiger partial charge in [0.1, 0.15) is 17.5 Å². The summed E-state index contributed by atoms with van der Waals surface area (Å²) in [5.41, 5.74) is 9.43. The summed E-state index contributed by atoms with van der Waals surface area (Å²) < 4.78 is 0. The standard InChI is InChI=1S/C23H21N7O2S/c1-3-20(32)26-12-17-5-4-6-18(28-17)13-33-23-29-21(19(11-24)22(25)30-23)15-7-9-16(10-8-15)27-14(2)31/h3-10H,1,12-13H2,2H3,(H,26,32)(H,27,31)(H2,25,29,30). The van der Waals surface area contributed by atoms with E-state index < -0.39 is 0 Å². The lowest BCUT2D eigenvalue weighted by Gasteiger charge is -2.10. The molecule has 0 saturated carbocycles. The van der Waals surface area contributed by atoms with Gasteiger partial charge in [0.2, 0.25) is 11.8 Å². The number of pyridine rings is 1. The van der Waals surface area contributed by atoms with Crippen LogP contribution in [0.3, 0.4) is 0 Å². The molecule has 9 nitrogen and oxygen atoms in total. The second kappa shape index (κ2) is 10.9. The number of thioether (sulfide) groups is 1. The number of rotatable bonds is 8. The van der Waals surface area contributed by atoms with Crippen molar-refractivity contribution in [3.05, 3.63) is 72.1 Å². The highest BCUT2D eigenvalue weighted by Crippen LogP contribution is 2.29. The van der Waals surface area contributed by atoms with Crippen LogP contribution < -0.4 is 16.4 Å². The molecule has 2 aromatic heterocycles. The van der Waals surface area contributed by atoms with Gasteiger partial charge in [0.25, 0.3) is 0 Å². The van der Waals surface area contributed by atoms with E-state index in [1.165, 1.54) is 24.8 Å². The van der Waals surface area contributed by atoms with Crippen LogP contribution in [0.15, 0.2) is 60.3 Å². The van der Waals surface area contributed by atoms with Gasteiger partial charge in [0, 0.05) is 23.9 Å². The Morgan fingerprint density at radius 3 is 2.55 bits per heavy atom. The van der Waals surface area contributed by atoms with Crippen molar-refractivity contribution in [2.75, 3.05) is 11.1 Å². The molecular weight excluding hydrogens is 438 g/mol. The molecule has 0 atom stereocenters. The molecule has 3 rings (SSSR count). The van der Waals surface area contributed by atoms with Gasteiger partial charge in [-0.05, 0) is 30.3 Å². The highest BCUT2D eigenvalue weighted by Gasteiger charge is 2.15. The topological polar surface area (TPSA) is 147 Å². The van der Waals surface area contributed by atoms with Crippen LogP contribution in [0.1, 0.15) is 23.9 Å². The van der Waals surface area contributed by atoms with Crippen LogP contribution in [0.5, 0.6) is 0 Å². The first-order chi connectivity index (χ1) is 15.9. The number of nitriles is 1. The maximum Gasteiger partial charge on any atom is 0.243 e. The van der Waals surface area contributed by atoms with Gasteiger partial charge in [-0.25, -0.2) is 9.97 Å². The summed E-state index contributed by atoms with van der Waals surface area (Å²) in [5.74, 6) is 0.113. The van der Waals surface area contributed by atoms with Crippen molar-refractivity contribution in [2.24, 2.45) is 0 Å². The Bertz CT molecular complexity index is 1240. The minimum absolute atomic E-state index is 0.0878. The van der Waals surface area contributed by atoms with Crippen LogP contribution in [0.4, 0.5) is 11.5 Å². The molecular formula is C23H21N7O2S. The number of amides is 2. The third-order valence-electron chi connectivity index (χ3n) is 4.35. The molecule has 0 unspecified atom stereocenters. The van der Waals surface area contributed by atoms with E-state index in [0.717, 1.165) is 5.69 Å². The number of nitrogens with one attached hydrogen (secondary N) is 2. The van der Waals surface area contributed by atoms with Gasteiger partial charge >= 0.3 is 0 Å². The zero-order chi connectivity index (χ0) is 23.8. The molecule has 0 bridgehead atoms. The number of benzene rings is 1. The SMILES string of the molecule is C=CC(=O)NCc1cccc(CSc2nc(N)c(C#N)c(-c3ccc(NC(C)=O)cc3)n2)n1. The molecule has 0 spiro atoms. The second-order valence-corrected chi connectivity index (χ2v) is 7.76. The number of carbonyl (C=O) groups excluding carboxylic acids is 2. The summed E-state index contributed by atoms with van der Waals surface area (Å²) >= 11 is 1.33. The van der Waals surface area contributed by atoms with Gasteiger partial charge in [-0.15, -0.1) is 0 Å². The van der Waals surface area contributed by atoms with E-state index in [1.54, 1.807) is 24.3 Å². The third-order valence-corrected chi connectivity index (χ3v) is 5.23. The van der Waals surface area contributed by atoms with Gasteiger partial charge in [0.15, 0.2) is 5.16 Å². The average molecular weight is 460 g/mol. The lowest BCUT2D eigenvalue weighted by molar-refractivity contribution is -0.116. The number of nitrogen functional groups attached to an aromatic ring is 1. The van der Waals surface area contributed by atoms with Gasteiger partial charge in [-0.3, -0.25) is 14.6 Å². The largest absolute Gasteiger partial charge is 0.382 e. The molecule has 0 saturated heterocycles. The quantitative estimate of drug-likeness (QED) is 0.265. The fourth-order valence-electron chi connectivity index (χ4n) is 2.85. The first-order valence-corrected chi connectivity index (χ1v) is 10.8. The molecule has 33 heavy (non-hydrogen) atoms. The van der Waals surface area contributed by atoms with Crippen LogP contribution >= 0.6 is 11.8 Å². The fourth-order valence-corrected chi connectivity index (χ4v) is 3.61. The summed E-state index contributed by atoms with van der Waals surface area (Å²) in [7, 11) is 0. The number of nitrogens with two attached hydrogens (primary N) is 1. The zero-order valence-electron chi connectivity index (χ0n) is 17.8. The van der Waals surface area contributed by atoms with Crippen molar-refractivity contribution >= 4 is 35.1 Å². The maximum atomic E-state index is 11.3. The van der Waals surface area contributed by atoms with Gasteiger partial charge in [-0.2, -0.15) is 5.26 Å². The van der Waals surface area contributed by atoms with E-state index in [-0.39, 0.29) is 23.2 Å². The van der Waals surface area contributed by atoms with E-state index in [4.69, 9.17) is 5.73 Å². The minimum Gasteiger partial charge on any atom is -0.382 e. The summed E-state index contributed by atoms with van der Waals surface area (Å²) in [6, 6.07) is 14.6. The summed E-state index contributed by atoms with van der Waals surface area (Å²) in [6.45, 7) is 5.14. The molecule has 3 aromatic rings. The first-order valence-electron chi connectivity index (χ1n) is 9.83. The van der Waals surface area contributed by atoms with E-state index >= 15 is 0 Å². The molecule has 10 heteroatoms. The van der Waals surface area contributed by atoms with Crippen LogP contribution in [-0.2, 0) is 21.9 Å². The van der Waals surface area contributed by atoms with Crippen LogP contribution in [0, 0.1) is 11.3 Å². The molecule has 166 valence electrons. The lowest BCUT2D eigenvalue weighted by atomic mass is 10.1. The van der Waals surface area contributed by atoms with Crippen molar-refractivity contribution in [1.29, 1.82) is 5.26 Å². The summed E-state index contributed by atoms with van der Waals surface area (Å²) in [6.07, 6.45) is 1.21. The van der Waals surface area contributed by atoms with Crippen molar-refractivity contribution in [1.82, 2.24) is 20.3 Å². The highest BCUT2D eigenvalue weighted by atomic mass is 32.2. The van der Waals surface area contributed by atoms with Gasteiger partial charge in [-0.1, -0.05) is 36.5 Å².